The molecule has 8 rings (SSSR count). The second kappa shape index (κ2) is 14.4. The highest BCUT2D eigenvalue weighted by molar-refractivity contribution is 9.10. The molecule has 0 radical (unpaired) electrons. The van der Waals surface area contributed by atoms with Crippen molar-refractivity contribution in [3.8, 4) is 33.6 Å². The zero-order chi connectivity index (χ0) is 35.5. The van der Waals surface area contributed by atoms with Crippen molar-refractivity contribution in [1.29, 1.82) is 0 Å². The third-order valence-electron chi connectivity index (χ3n) is 9.76. The summed E-state index contributed by atoms with van der Waals surface area (Å²) in [5, 5.41) is 14.8. The Morgan fingerprint density at radius 1 is 0.769 bits per heavy atom. The summed E-state index contributed by atoms with van der Waals surface area (Å²) in [7, 11) is 0. The van der Waals surface area contributed by atoms with Gasteiger partial charge in [-0.15, -0.1) is 15.0 Å². The Labute approximate surface area is 310 Å². The number of tetrazole rings is 1. The van der Waals surface area contributed by atoms with Crippen LogP contribution in [0.2, 0.25) is 0 Å². The van der Waals surface area contributed by atoms with Crippen molar-refractivity contribution in [2.45, 2.75) is 38.3 Å². The lowest BCUT2D eigenvalue weighted by Gasteiger charge is -2.34. The third kappa shape index (κ3) is 5.67. The van der Waals surface area contributed by atoms with Gasteiger partial charge >= 0.3 is 0 Å². The maximum Gasteiger partial charge on any atom is 0.205 e. The first-order chi connectivity index (χ1) is 25.6. The van der Waals surface area contributed by atoms with Gasteiger partial charge in [0.1, 0.15) is 11.5 Å². The number of nitrogens with zero attached hydrogens (tertiary/aromatic N) is 6. The molecule has 0 saturated carbocycles. The number of carbonyl (C=O) groups excluding carboxylic acids is 1. The lowest BCUT2D eigenvalue weighted by Crippen LogP contribution is -2.39. The maximum absolute atomic E-state index is 12.2. The number of halogens is 1. The van der Waals surface area contributed by atoms with E-state index in [0.29, 0.717) is 18.1 Å². The van der Waals surface area contributed by atoms with Crippen molar-refractivity contribution >= 4 is 22.2 Å². The predicted molar refractivity (Wildman–Crippen MR) is 205 cm³/mol. The summed E-state index contributed by atoms with van der Waals surface area (Å²) >= 11 is 3.96. The molecule has 0 spiro atoms. The van der Waals surface area contributed by atoms with Crippen LogP contribution in [-0.4, -0.2) is 36.0 Å². The van der Waals surface area contributed by atoms with Crippen molar-refractivity contribution in [3.63, 3.8) is 0 Å². The van der Waals surface area contributed by atoms with Crippen LogP contribution in [0.3, 0.4) is 0 Å². The van der Waals surface area contributed by atoms with Gasteiger partial charge in [-0.05, 0) is 67.0 Å². The number of hydrogen-bond donors (Lipinski definition) is 0. The van der Waals surface area contributed by atoms with Gasteiger partial charge in [0.2, 0.25) is 5.82 Å². The molecule has 8 nitrogen and oxygen atoms in total. The fraction of sp³-hybridized carbons (Fsp3) is 0.140. The Morgan fingerprint density at radius 3 is 2.00 bits per heavy atom. The number of aromatic nitrogens is 6. The van der Waals surface area contributed by atoms with E-state index in [-0.39, 0.29) is 0 Å². The molecule has 0 saturated heterocycles. The molecule has 0 N–H and O–H groups in total. The number of fused-ring (bicyclic) bond motifs is 1. The van der Waals surface area contributed by atoms with Crippen LogP contribution in [-0.2, 0) is 18.5 Å². The van der Waals surface area contributed by atoms with Gasteiger partial charge in [-0.25, -0.2) is 4.98 Å². The van der Waals surface area contributed by atoms with E-state index in [2.05, 4.69) is 70.3 Å². The number of imidazole rings is 1. The van der Waals surface area contributed by atoms with Crippen LogP contribution in [0.5, 0.6) is 0 Å². The molecular weight excluding hydrogens is 712 g/mol. The van der Waals surface area contributed by atoms with Crippen molar-refractivity contribution < 1.29 is 9.21 Å². The number of aryl methyl sites for hydroxylation is 1. The predicted octanol–water partition coefficient (Wildman–Crippen LogP) is 9.71. The minimum Gasteiger partial charge on any atom is -0.472 e. The summed E-state index contributed by atoms with van der Waals surface area (Å²) in [5.41, 5.74) is 8.34. The number of aldehydes is 1. The van der Waals surface area contributed by atoms with Gasteiger partial charge in [-0.2, -0.15) is 0 Å². The third-order valence-corrected chi connectivity index (χ3v) is 10.6. The standard InChI is InChI=1S/C43H35BrN6O2/c1-2-3-23-39-45-26-33(28-51)49(39)27-37-34-24-25-52-29-38(34)41(44)40(37)35-21-13-14-22-36(35)42-46-48-50(47-42)43(30-15-7-4-8-16-30,31-17-9-5-10-18-31)32-19-11-6-12-20-32/h4-22,24-26,28-29H,2-3,23,27H2,1H3. The first-order valence-corrected chi connectivity index (χ1v) is 18.2. The van der Waals surface area contributed by atoms with Crippen LogP contribution in [0.15, 0.2) is 149 Å². The van der Waals surface area contributed by atoms with Crippen LogP contribution in [0.25, 0.3) is 33.6 Å². The summed E-state index contributed by atoms with van der Waals surface area (Å²) < 4.78 is 8.59. The van der Waals surface area contributed by atoms with E-state index < -0.39 is 5.54 Å². The average Bonchev–Trinajstić information content (AvgIpc) is 3.92. The summed E-state index contributed by atoms with van der Waals surface area (Å²) in [6.07, 6.45) is 8.78. The van der Waals surface area contributed by atoms with Crippen molar-refractivity contribution in [3.05, 3.63) is 178 Å². The van der Waals surface area contributed by atoms with E-state index in [1.807, 2.05) is 83.4 Å². The summed E-state index contributed by atoms with van der Waals surface area (Å²) in [5.74, 6) is 1.37. The molecule has 1 aliphatic heterocycles. The Bertz CT molecular complexity index is 2320. The highest BCUT2D eigenvalue weighted by Gasteiger charge is 2.41. The zero-order valence-electron chi connectivity index (χ0n) is 28.6. The largest absolute Gasteiger partial charge is 0.472 e. The van der Waals surface area contributed by atoms with E-state index >= 15 is 0 Å². The quantitative estimate of drug-likeness (QED) is 0.0914. The molecule has 0 atom stereocenters. The number of rotatable bonds is 12. The van der Waals surface area contributed by atoms with Crippen LogP contribution < -0.4 is 0 Å². The molecule has 0 unspecified atom stereocenters. The monoisotopic (exact) mass is 746 g/mol. The average molecular weight is 748 g/mol. The van der Waals surface area contributed by atoms with Gasteiger partial charge < -0.3 is 8.98 Å². The van der Waals surface area contributed by atoms with Crippen molar-refractivity contribution in [1.82, 2.24) is 29.8 Å². The van der Waals surface area contributed by atoms with Crippen molar-refractivity contribution in [2.75, 3.05) is 0 Å². The molecule has 0 bridgehead atoms. The Hall–Kier alpha value is -5.93. The molecule has 256 valence electrons. The van der Waals surface area contributed by atoms with Crippen LogP contribution in [0.4, 0.5) is 0 Å². The first kappa shape index (κ1) is 33.2. The topological polar surface area (TPSA) is 91.6 Å². The van der Waals surface area contributed by atoms with Gasteiger partial charge in [0, 0.05) is 27.6 Å². The number of benzene rings is 4. The van der Waals surface area contributed by atoms with E-state index in [9.17, 15) is 4.79 Å². The normalized spacial score (nSPS) is 11.7. The highest BCUT2D eigenvalue weighted by atomic mass is 79.9. The molecule has 2 aliphatic rings. The maximum atomic E-state index is 12.2. The molecule has 6 aromatic rings. The molecule has 0 fully saturated rings. The molecule has 0 amide bonds. The van der Waals surface area contributed by atoms with Crippen LogP contribution >= 0.6 is 15.9 Å². The van der Waals surface area contributed by atoms with Gasteiger partial charge in [0.15, 0.2) is 11.8 Å². The Kier molecular flexibility index (Phi) is 9.18. The highest BCUT2D eigenvalue weighted by Crippen LogP contribution is 2.49. The number of carbonyl (C=O) groups is 1. The fourth-order valence-electron chi connectivity index (χ4n) is 7.29. The molecule has 9 heteroatoms. The second-order valence-electron chi connectivity index (χ2n) is 12.7. The molecule has 3 heterocycles. The van der Waals surface area contributed by atoms with E-state index in [1.165, 1.54) is 0 Å². The lowest BCUT2D eigenvalue weighted by atomic mass is 9.77. The Balaban J connectivity index is 1.33. The van der Waals surface area contributed by atoms with Gasteiger partial charge in [-0.1, -0.05) is 129 Å². The smallest absolute Gasteiger partial charge is 0.205 e. The van der Waals surface area contributed by atoms with Crippen molar-refractivity contribution in [2.24, 2.45) is 0 Å². The Morgan fingerprint density at radius 2 is 1.38 bits per heavy atom. The SMILES string of the molecule is CCCCc1ncc(C=O)n1Cc1c2ccocc-2c(Br)c1-c1ccccc1-c1nnn(C(c2ccccc2)(c2ccccc2)c2ccccc2)n1. The number of hydrogen-bond acceptors (Lipinski definition) is 6. The van der Waals surface area contributed by atoms with Crippen LogP contribution in [0, 0.1) is 0 Å². The summed E-state index contributed by atoms with van der Waals surface area (Å²) in [6, 6.07) is 41.1. The molecule has 1 aliphatic carbocycles. The fourth-order valence-corrected chi connectivity index (χ4v) is 8.05. The number of unbranched alkanes of at least 4 members (excludes halogenated alkanes) is 1. The molecule has 52 heavy (non-hydrogen) atoms. The van der Waals surface area contributed by atoms with E-state index in [4.69, 9.17) is 19.8 Å². The second-order valence-corrected chi connectivity index (χ2v) is 13.5. The van der Waals surface area contributed by atoms with Gasteiger partial charge in [0.25, 0.3) is 0 Å². The minimum absolute atomic E-state index is 0.447. The first-order valence-electron chi connectivity index (χ1n) is 17.4. The van der Waals surface area contributed by atoms with Gasteiger partial charge in [-0.3, -0.25) is 4.79 Å². The molecule has 4 aromatic carbocycles. The van der Waals surface area contributed by atoms with Crippen LogP contribution in [0.1, 0.15) is 58.3 Å². The van der Waals surface area contributed by atoms with Gasteiger partial charge in [0.05, 0.1) is 25.3 Å². The summed E-state index contributed by atoms with van der Waals surface area (Å²) in [4.78, 5) is 18.6. The zero-order valence-corrected chi connectivity index (χ0v) is 30.1. The van der Waals surface area contributed by atoms with E-state index in [0.717, 1.165) is 85.9 Å². The molecule has 2 aromatic heterocycles. The van der Waals surface area contributed by atoms with E-state index in [1.54, 1.807) is 23.5 Å². The lowest BCUT2D eigenvalue weighted by molar-refractivity contribution is 0.111. The minimum atomic E-state index is -0.909. The molecular formula is C43H35BrN6O2. The summed E-state index contributed by atoms with van der Waals surface area (Å²) in [6.45, 7) is 2.60.